The number of carbonyl (C=O) groups is 1. The third kappa shape index (κ3) is 5.63. The Morgan fingerprint density at radius 1 is 0.943 bits per heavy atom. The van der Waals surface area contributed by atoms with Crippen molar-refractivity contribution in [3.8, 4) is 0 Å². The van der Waals surface area contributed by atoms with Crippen LogP contribution in [0.5, 0.6) is 0 Å². The summed E-state index contributed by atoms with van der Waals surface area (Å²) in [4.78, 5) is 26.0. The summed E-state index contributed by atoms with van der Waals surface area (Å²) in [6, 6.07) is 13.1. The van der Waals surface area contributed by atoms with Crippen LogP contribution in [-0.2, 0) is 19.0 Å². The van der Waals surface area contributed by atoms with Crippen molar-refractivity contribution in [2.75, 3.05) is 31.1 Å². The molecule has 0 N–H and O–H groups in total. The zero-order chi connectivity index (χ0) is 25.2. The summed E-state index contributed by atoms with van der Waals surface area (Å²) in [5, 5.41) is 0. The van der Waals surface area contributed by atoms with Gasteiger partial charge in [-0.3, -0.25) is 4.79 Å². The number of carbonyl (C=O) groups excluding carboxylic acids is 1. The van der Waals surface area contributed by atoms with E-state index in [0.29, 0.717) is 49.6 Å². The predicted octanol–water partition coefficient (Wildman–Crippen LogP) is 5.23. The monoisotopic (exact) mass is 482 g/mol. The average molecular weight is 483 g/mol. The third-order valence-corrected chi connectivity index (χ3v) is 6.41. The highest BCUT2D eigenvalue weighted by Gasteiger charge is 2.31. The standard InChI is InChI=1S/C27H29F3N4O/c1-4-20-8-10-22(11-9-20)26(35)34-14-12-33(13-15-34)25-24(18(2)31-19(3)32-25)17-21-6-5-7-23(16-21)27(28,29)30/h5-11,16H,4,12-15,17H2,1-3H3. The second-order valence-corrected chi connectivity index (χ2v) is 8.86. The molecule has 0 radical (unpaired) electrons. The number of aromatic nitrogens is 2. The van der Waals surface area contributed by atoms with Crippen molar-refractivity contribution in [1.29, 1.82) is 0 Å². The molecule has 0 bridgehead atoms. The molecule has 1 aliphatic heterocycles. The second-order valence-electron chi connectivity index (χ2n) is 8.86. The Balaban J connectivity index is 1.52. The lowest BCUT2D eigenvalue weighted by molar-refractivity contribution is -0.137. The maximum Gasteiger partial charge on any atom is 0.416 e. The van der Waals surface area contributed by atoms with Gasteiger partial charge in [0.25, 0.3) is 5.91 Å². The molecule has 8 heteroatoms. The minimum atomic E-state index is -4.39. The fourth-order valence-electron chi connectivity index (χ4n) is 4.43. The van der Waals surface area contributed by atoms with E-state index in [9.17, 15) is 18.0 Å². The summed E-state index contributed by atoms with van der Waals surface area (Å²) in [5.41, 5.74) is 3.32. The van der Waals surface area contributed by atoms with Gasteiger partial charge in [0.05, 0.1) is 5.56 Å². The quantitative estimate of drug-likeness (QED) is 0.500. The van der Waals surface area contributed by atoms with Gasteiger partial charge < -0.3 is 9.80 Å². The second kappa shape index (κ2) is 10.1. The molecule has 35 heavy (non-hydrogen) atoms. The first-order chi connectivity index (χ1) is 16.7. The maximum atomic E-state index is 13.2. The molecule has 1 saturated heterocycles. The van der Waals surface area contributed by atoms with Crippen molar-refractivity contribution in [1.82, 2.24) is 14.9 Å². The normalized spacial score (nSPS) is 14.3. The largest absolute Gasteiger partial charge is 0.416 e. The van der Waals surface area contributed by atoms with E-state index in [0.717, 1.165) is 29.6 Å². The molecule has 0 unspecified atom stereocenters. The number of hydrogen-bond acceptors (Lipinski definition) is 4. The van der Waals surface area contributed by atoms with Crippen LogP contribution in [0.25, 0.3) is 0 Å². The van der Waals surface area contributed by atoms with Crippen LogP contribution in [0.2, 0.25) is 0 Å². The van der Waals surface area contributed by atoms with Gasteiger partial charge in [0, 0.05) is 49.4 Å². The summed E-state index contributed by atoms with van der Waals surface area (Å²) in [5.74, 6) is 1.35. The lowest BCUT2D eigenvalue weighted by Crippen LogP contribution is -2.49. The van der Waals surface area contributed by atoms with Crippen LogP contribution >= 0.6 is 0 Å². The number of alkyl halides is 3. The van der Waals surface area contributed by atoms with Gasteiger partial charge in [-0.25, -0.2) is 9.97 Å². The number of aryl methyl sites for hydroxylation is 3. The lowest BCUT2D eigenvalue weighted by atomic mass is 10.0. The lowest BCUT2D eigenvalue weighted by Gasteiger charge is -2.36. The van der Waals surface area contributed by atoms with Crippen LogP contribution in [0, 0.1) is 13.8 Å². The fraction of sp³-hybridized carbons (Fsp3) is 0.370. The van der Waals surface area contributed by atoms with Crippen LogP contribution in [0.3, 0.4) is 0 Å². The molecule has 0 aliphatic carbocycles. The Hall–Kier alpha value is -3.42. The molecular weight excluding hydrogens is 453 g/mol. The average Bonchev–Trinajstić information content (AvgIpc) is 2.85. The van der Waals surface area contributed by atoms with Crippen molar-refractivity contribution in [3.63, 3.8) is 0 Å². The number of anilines is 1. The highest BCUT2D eigenvalue weighted by atomic mass is 19.4. The van der Waals surface area contributed by atoms with Gasteiger partial charge in [0.2, 0.25) is 0 Å². The Labute approximate surface area is 203 Å². The molecule has 184 valence electrons. The minimum Gasteiger partial charge on any atom is -0.353 e. The smallest absolute Gasteiger partial charge is 0.353 e. The van der Waals surface area contributed by atoms with Gasteiger partial charge in [-0.05, 0) is 49.6 Å². The van der Waals surface area contributed by atoms with Crippen LogP contribution in [-0.4, -0.2) is 47.0 Å². The van der Waals surface area contributed by atoms with Crippen molar-refractivity contribution < 1.29 is 18.0 Å². The first-order valence-electron chi connectivity index (χ1n) is 11.8. The molecule has 0 spiro atoms. The molecule has 0 atom stereocenters. The van der Waals surface area contributed by atoms with Gasteiger partial charge >= 0.3 is 6.18 Å². The molecule has 5 nitrogen and oxygen atoms in total. The molecule has 0 saturated carbocycles. The van der Waals surface area contributed by atoms with Gasteiger partial charge in [-0.2, -0.15) is 13.2 Å². The minimum absolute atomic E-state index is 0.00606. The number of halogens is 3. The van der Waals surface area contributed by atoms with E-state index in [1.807, 2.05) is 43.0 Å². The first kappa shape index (κ1) is 24.7. The molecule has 2 aromatic carbocycles. The van der Waals surface area contributed by atoms with Gasteiger partial charge in [0.15, 0.2) is 0 Å². The maximum absolute atomic E-state index is 13.2. The molecule has 1 aromatic heterocycles. The summed E-state index contributed by atoms with van der Waals surface area (Å²) in [6.45, 7) is 8.01. The fourth-order valence-corrected chi connectivity index (χ4v) is 4.43. The summed E-state index contributed by atoms with van der Waals surface area (Å²) < 4.78 is 39.6. The summed E-state index contributed by atoms with van der Waals surface area (Å²) >= 11 is 0. The number of piperazine rings is 1. The van der Waals surface area contributed by atoms with E-state index in [1.165, 1.54) is 17.7 Å². The van der Waals surface area contributed by atoms with Crippen molar-refractivity contribution in [3.05, 3.63) is 87.9 Å². The Morgan fingerprint density at radius 3 is 2.26 bits per heavy atom. The molecule has 4 rings (SSSR count). The van der Waals surface area contributed by atoms with Gasteiger partial charge in [-0.15, -0.1) is 0 Å². The van der Waals surface area contributed by atoms with Crippen LogP contribution in [0.15, 0.2) is 48.5 Å². The topological polar surface area (TPSA) is 49.3 Å². The third-order valence-electron chi connectivity index (χ3n) is 6.41. The molecule has 1 amide bonds. The van der Waals surface area contributed by atoms with E-state index in [-0.39, 0.29) is 5.91 Å². The van der Waals surface area contributed by atoms with Crippen LogP contribution in [0.1, 0.15) is 51.1 Å². The number of benzene rings is 2. The number of rotatable bonds is 5. The summed E-state index contributed by atoms with van der Waals surface area (Å²) in [6.07, 6.45) is -3.17. The molecule has 3 aromatic rings. The zero-order valence-electron chi connectivity index (χ0n) is 20.2. The Morgan fingerprint density at radius 2 is 1.63 bits per heavy atom. The van der Waals surface area contributed by atoms with E-state index in [4.69, 9.17) is 0 Å². The van der Waals surface area contributed by atoms with Gasteiger partial charge in [-0.1, -0.05) is 37.3 Å². The number of amides is 1. The SMILES string of the molecule is CCc1ccc(C(=O)N2CCN(c3nc(C)nc(C)c3Cc3cccc(C(F)(F)F)c3)CC2)cc1. The van der Waals surface area contributed by atoms with E-state index in [2.05, 4.69) is 21.8 Å². The molecular formula is C27H29F3N4O. The highest BCUT2D eigenvalue weighted by Crippen LogP contribution is 2.31. The van der Waals surface area contributed by atoms with Crippen molar-refractivity contribution >= 4 is 11.7 Å². The van der Waals surface area contributed by atoms with Crippen molar-refractivity contribution in [2.45, 2.75) is 39.8 Å². The Bertz CT molecular complexity index is 1200. The van der Waals surface area contributed by atoms with E-state index >= 15 is 0 Å². The molecule has 1 aliphatic rings. The Kier molecular flexibility index (Phi) is 7.10. The van der Waals surface area contributed by atoms with Gasteiger partial charge in [0.1, 0.15) is 11.6 Å². The highest BCUT2D eigenvalue weighted by molar-refractivity contribution is 5.94. The van der Waals surface area contributed by atoms with E-state index < -0.39 is 11.7 Å². The van der Waals surface area contributed by atoms with Crippen LogP contribution < -0.4 is 4.90 Å². The number of nitrogens with zero attached hydrogens (tertiary/aromatic N) is 4. The molecule has 1 fully saturated rings. The number of hydrogen-bond donors (Lipinski definition) is 0. The van der Waals surface area contributed by atoms with Crippen LogP contribution in [0.4, 0.5) is 19.0 Å². The summed E-state index contributed by atoms with van der Waals surface area (Å²) in [7, 11) is 0. The van der Waals surface area contributed by atoms with Crippen molar-refractivity contribution in [2.24, 2.45) is 0 Å². The molecule has 2 heterocycles. The zero-order valence-corrected chi connectivity index (χ0v) is 20.2. The first-order valence-corrected chi connectivity index (χ1v) is 11.8. The predicted molar refractivity (Wildman–Crippen MR) is 130 cm³/mol. The van der Waals surface area contributed by atoms with E-state index in [1.54, 1.807) is 6.07 Å².